The van der Waals surface area contributed by atoms with Crippen molar-refractivity contribution in [2.45, 2.75) is 6.10 Å². The molecule has 1 aromatic carbocycles. The van der Waals surface area contributed by atoms with E-state index in [0.29, 0.717) is 25.4 Å². The van der Waals surface area contributed by atoms with Crippen LogP contribution in [0.4, 0.5) is 10.1 Å². The summed E-state index contributed by atoms with van der Waals surface area (Å²) in [6.07, 6.45) is 1.17. The van der Waals surface area contributed by atoms with Crippen molar-refractivity contribution in [1.82, 2.24) is 4.90 Å². The number of benzene rings is 1. The summed E-state index contributed by atoms with van der Waals surface area (Å²) in [6.45, 7) is 8.08. The first-order valence-electron chi connectivity index (χ1n) is 7.29. The molecule has 0 saturated carbocycles. The minimum absolute atomic E-state index is 0. The van der Waals surface area contributed by atoms with Crippen LogP contribution in [0.2, 0.25) is 0 Å². The molecule has 7 heteroatoms. The molecular weight excluding hydrogens is 342 g/mol. The lowest BCUT2D eigenvalue weighted by atomic mass is 10.2. The van der Waals surface area contributed by atoms with E-state index in [4.69, 9.17) is 4.74 Å². The summed E-state index contributed by atoms with van der Waals surface area (Å²) in [5, 5.41) is 9.88. The standard InChI is InChI=1S/C16H23FN2O2.2ClH/c1-2-11-21-13-14(20)12-18-7-9-19(10-8-18)16-6-4-3-5-15(16)17;;/h2-6,14,20H,1,7-13H2;2*1H. The highest BCUT2D eigenvalue weighted by Gasteiger charge is 2.20. The van der Waals surface area contributed by atoms with Gasteiger partial charge in [-0.25, -0.2) is 4.39 Å². The molecule has 1 atom stereocenters. The maximum Gasteiger partial charge on any atom is 0.146 e. The van der Waals surface area contributed by atoms with Crippen molar-refractivity contribution in [3.05, 3.63) is 42.7 Å². The highest BCUT2D eigenvalue weighted by atomic mass is 35.5. The van der Waals surface area contributed by atoms with Crippen LogP contribution in [0.1, 0.15) is 0 Å². The second-order valence-electron chi connectivity index (χ2n) is 5.22. The third-order valence-corrected chi connectivity index (χ3v) is 3.58. The number of hydrogen-bond acceptors (Lipinski definition) is 4. The first kappa shape index (κ1) is 22.1. The fourth-order valence-corrected chi connectivity index (χ4v) is 2.52. The van der Waals surface area contributed by atoms with Gasteiger partial charge in [-0.15, -0.1) is 31.4 Å². The van der Waals surface area contributed by atoms with E-state index >= 15 is 0 Å². The van der Waals surface area contributed by atoms with Gasteiger partial charge in [0.15, 0.2) is 0 Å². The average molecular weight is 367 g/mol. The summed E-state index contributed by atoms with van der Waals surface area (Å²) in [4.78, 5) is 4.23. The van der Waals surface area contributed by atoms with E-state index in [0.717, 1.165) is 26.2 Å². The third-order valence-electron chi connectivity index (χ3n) is 3.58. The Balaban J connectivity index is 0.00000242. The summed E-state index contributed by atoms with van der Waals surface area (Å²) in [6, 6.07) is 6.85. The Hall–Kier alpha value is -0.850. The lowest BCUT2D eigenvalue weighted by molar-refractivity contribution is 0.0252. The van der Waals surface area contributed by atoms with E-state index in [1.165, 1.54) is 6.07 Å². The number of hydrogen-bond donors (Lipinski definition) is 1. The van der Waals surface area contributed by atoms with Crippen LogP contribution in [0.15, 0.2) is 36.9 Å². The molecule has 4 nitrogen and oxygen atoms in total. The molecule has 1 aliphatic rings. The largest absolute Gasteiger partial charge is 0.389 e. The van der Waals surface area contributed by atoms with E-state index in [-0.39, 0.29) is 30.6 Å². The molecule has 1 unspecified atom stereocenters. The minimum atomic E-state index is -0.495. The summed E-state index contributed by atoms with van der Waals surface area (Å²) in [5.74, 6) is -0.177. The van der Waals surface area contributed by atoms with Crippen LogP contribution in [0, 0.1) is 5.82 Å². The van der Waals surface area contributed by atoms with Gasteiger partial charge in [0.25, 0.3) is 0 Å². The number of aliphatic hydroxyl groups excluding tert-OH is 1. The number of para-hydroxylation sites is 1. The number of aliphatic hydroxyl groups is 1. The quantitative estimate of drug-likeness (QED) is 0.593. The van der Waals surface area contributed by atoms with Crippen LogP contribution < -0.4 is 4.90 Å². The van der Waals surface area contributed by atoms with Crippen LogP contribution >= 0.6 is 24.8 Å². The fourth-order valence-electron chi connectivity index (χ4n) is 2.52. The molecule has 1 fully saturated rings. The monoisotopic (exact) mass is 366 g/mol. The van der Waals surface area contributed by atoms with E-state index in [1.54, 1.807) is 12.1 Å². The van der Waals surface area contributed by atoms with Crippen LogP contribution in [0.25, 0.3) is 0 Å². The van der Waals surface area contributed by atoms with Gasteiger partial charge in [0, 0.05) is 32.7 Å². The minimum Gasteiger partial charge on any atom is -0.389 e. The number of nitrogens with zero attached hydrogens (tertiary/aromatic N) is 2. The first-order chi connectivity index (χ1) is 10.2. The number of rotatable bonds is 7. The van der Waals surface area contributed by atoms with E-state index in [9.17, 15) is 9.50 Å². The number of β-amino-alcohol motifs (C(OH)–C–C–N with tert-alkyl or cyclic N) is 1. The van der Waals surface area contributed by atoms with Crippen molar-refractivity contribution in [2.24, 2.45) is 0 Å². The van der Waals surface area contributed by atoms with Crippen molar-refractivity contribution in [2.75, 3.05) is 50.8 Å². The van der Waals surface area contributed by atoms with Crippen molar-refractivity contribution < 1.29 is 14.2 Å². The molecule has 0 aliphatic carbocycles. The van der Waals surface area contributed by atoms with Gasteiger partial charge in [-0.3, -0.25) is 4.90 Å². The Kier molecular flexibility index (Phi) is 11.2. The normalized spacial score (nSPS) is 16.2. The Morgan fingerprint density at radius 1 is 1.22 bits per heavy atom. The smallest absolute Gasteiger partial charge is 0.146 e. The van der Waals surface area contributed by atoms with Crippen molar-refractivity contribution in [1.29, 1.82) is 0 Å². The average Bonchev–Trinajstić information content (AvgIpc) is 2.49. The lowest BCUT2D eigenvalue weighted by Gasteiger charge is -2.36. The van der Waals surface area contributed by atoms with Gasteiger partial charge in [0.2, 0.25) is 0 Å². The van der Waals surface area contributed by atoms with E-state index in [2.05, 4.69) is 11.5 Å². The fraction of sp³-hybridized carbons (Fsp3) is 0.500. The number of ether oxygens (including phenoxy) is 1. The van der Waals surface area contributed by atoms with Gasteiger partial charge >= 0.3 is 0 Å². The topological polar surface area (TPSA) is 35.9 Å². The van der Waals surface area contributed by atoms with Gasteiger partial charge in [0.05, 0.1) is 25.0 Å². The number of halogens is 3. The molecule has 132 valence electrons. The number of anilines is 1. The number of piperazine rings is 1. The molecule has 0 amide bonds. The highest BCUT2D eigenvalue weighted by molar-refractivity contribution is 5.85. The van der Waals surface area contributed by atoms with Crippen LogP contribution in [-0.4, -0.2) is 62.0 Å². The first-order valence-corrected chi connectivity index (χ1v) is 7.29. The molecular formula is C16H25Cl2FN2O2. The van der Waals surface area contributed by atoms with Crippen molar-refractivity contribution in [3.8, 4) is 0 Å². The summed E-state index contributed by atoms with van der Waals surface area (Å²) in [5.41, 5.74) is 0.659. The molecule has 1 aromatic rings. The predicted molar refractivity (Wildman–Crippen MR) is 96.6 cm³/mol. The third kappa shape index (κ3) is 7.06. The molecule has 1 saturated heterocycles. The van der Waals surface area contributed by atoms with Gasteiger partial charge in [0.1, 0.15) is 5.82 Å². The molecule has 0 aromatic heterocycles. The summed E-state index contributed by atoms with van der Waals surface area (Å²) < 4.78 is 19.0. The molecule has 0 spiro atoms. The Morgan fingerprint density at radius 2 is 1.87 bits per heavy atom. The van der Waals surface area contributed by atoms with Gasteiger partial charge < -0.3 is 14.7 Å². The second-order valence-corrected chi connectivity index (χ2v) is 5.22. The predicted octanol–water partition coefficient (Wildman–Crippen LogP) is 2.35. The molecule has 2 rings (SSSR count). The summed E-state index contributed by atoms with van der Waals surface area (Å²) >= 11 is 0. The van der Waals surface area contributed by atoms with Crippen LogP contribution in [-0.2, 0) is 4.74 Å². The Bertz CT molecular complexity index is 457. The second kappa shape index (κ2) is 11.6. The molecule has 23 heavy (non-hydrogen) atoms. The zero-order valence-electron chi connectivity index (χ0n) is 13.1. The molecule has 0 radical (unpaired) electrons. The van der Waals surface area contributed by atoms with Crippen LogP contribution in [0.5, 0.6) is 0 Å². The van der Waals surface area contributed by atoms with Crippen molar-refractivity contribution in [3.63, 3.8) is 0 Å². The Labute approximate surface area is 149 Å². The highest BCUT2D eigenvalue weighted by Crippen LogP contribution is 2.20. The molecule has 1 N–H and O–H groups in total. The maximum atomic E-state index is 13.7. The van der Waals surface area contributed by atoms with Gasteiger partial charge in [-0.1, -0.05) is 18.2 Å². The Morgan fingerprint density at radius 3 is 2.48 bits per heavy atom. The zero-order valence-corrected chi connectivity index (χ0v) is 14.7. The van der Waals surface area contributed by atoms with E-state index < -0.39 is 6.10 Å². The van der Waals surface area contributed by atoms with Crippen molar-refractivity contribution >= 4 is 30.5 Å². The van der Waals surface area contributed by atoms with Crippen LogP contribution in [0.3, 0.4) is 0 Å². The molecule has 1 heterocycles. The molecule has 0 bridgehead atoms. The molecule has 1 aliphatic heterocycles. The van der Waals surface area contributed by atoms with Gasteiger partial charge in [-0.05, 0) is 12.1 Å². The van der Waals surface area contributed by atoms with Gasteiger partial charge in [-0.2, -0.15) is 0 Å². The lowest BCUT2D eigenvalue weighted by Crippen LogP contribution is -2.49. The zero-order chi connectivity index (χ0) is 15.1. The SMILES string of the molecule is C=CCOCC(O)CN1CCN(c2ccccc2F)CC1.Cl.Cl. The van der Waals surface area contributed by atoms with E-state index in [1.807, 2.05) is 17.0 Å². The maximum absolute atomic E-state index is 13.7. The summed E-state index contributed by atoms with van der Waals surface area (Å²) in [7, 11) is 0.